The molecule has 0 radical (unpaired) electrons. The third-order valence-electron chi connectivity index (χ3n) is 6.33. The number of hydrogen-bond donors (Lipinski definition) is 0. The summed E-state index contributed by atoms with van der Waals surface area (Å²) >= 11 is 0. The second-order valence-corrected chi connectivity index (χ2v) is 10.1. The van der Waals surface area contributed by atoms with Crippen molar-refractivity contribution >= 4 is 12.2 Å². The summed E-state index contributed by atoms with van der Waals surface area (Å²) in [6.45, 7) is 7.10. The van der Waals surface area contributed by atoms with Gasteiger partial charge in [-0.15, -0.1) is 38.3 Å². The molecule has 0 aromatic heterocycles. The summed E-state index contributed by atoms with van der Waals surface area (Å²) in [5.41, 5.74) is 2.55. The van der Waals surface area contributed by atoms with E-state index in [1.165, 1.54) is 31.9 Å². The van der Waals surface area contributed by atoms with Crippen molar-refractivity contribution in [2.45, 2.75) is 39.5 Å². The summed E-state index contributed by atoms with van der Waals surface area (Å²) in [6, 6.07) is 19.7. The van der Waals surface area contributed by atoms with Gasteiger partial charge in [-0.1, -0.05) is 74.9 Å². The average molecular weight is 599 g/mol. The Kier molecular flexibility index (Phi) is 16.8. The molecule has 3 aromatic carbocycles. The largest absolute Gasteiger partial charge is 0.659 e. The molecule has 0 aliphatic rings. The van der Waals surface area contributed by atoms with Crippen LogP contribution in [0.4, 0.5) is 17.6 Å². The van der Waals surface area contributed by atoms with Crippen LogP contribution in [0.15, 0.2) is 78.9 Å². The Morgan fingerprint density at radius 1 is 0.674 bits per heavy atom. The lowest BCUT2D eigenvalue weighted by atomic mass is 10.1. The number of alkyl halides is 4. The van der Waals surface area contributed by atoms with Gasteiger partial charge in [0.2, 0.25) is 0 Å². The number of nitrogens with zero attached hydrogens (tertiary/aromatic N) is 2. The molecule has 0 atom stereocenters. The van der Waals surface area contributed by atoms with E-state index < -0.39 is 12.9 Å². The van der Waals surface area contributed by atoms with E-state index in [-0.39, 0.29) is 22.6 Å². The SMILES string of the molecule is COc1ccc(C=CC[N-]CCC(C)C)cc1C(F)F.COc1ccc(C=CC[N-]CCc2ccccc2)cc1C(F)F. The number of benzene rings is 3. The minimum atomic E-state index is -2.55. The Morgan fingerprint density at radius 3 is 1.60 bits per heavy atom. The first kappa shape index (κ1) is 35.6. The second kappa shape index (κ2) is 20.3. The van der Waals surface area contributed by atoms with E-state index in [0.717, 1.165) is 37.1 Å². The summed E-state index contributed by atoms with van der Waals surface area (Å²) in [7, 11) is 2.78. The van der Waals surface area contributed by atoms with Crippen molar-refractivity contribution in [1.82, 2.24) is 0 Å². The molecule has 0 unspecified atom stereocenters. The van der Waals surface area contributed by atoms with Crippen molar-refractivity contribution < 1.29 is 27.0 Å². The average Bonchev–Trinajstić information content (AvgIpc) is 3.01. The molecule has 0 N–H and O–H groups in total. The van der Waals surface area contributed by atoms with E-state index in [1.54, 1.807) is 30.3 Å². The Morgan fingerprint density at radius 2 is 1.16 bits per heavy atom. The molecule has 0 saturated carbocycles. The summed E-state index contributed by atoms with van der Waals surface area (Å²) in [5.74, 6) is 1.08. The van der Waals surface area contributed by atoms with E-state index in [9.17, 15) is 17.6 Å². The first-order chi connectivity index (χ1) is 20.7. The molecule has 8 heteroatoms. The predicted molar refractivity (Wildman–Crippen MR) is 170 cm³/mol. The monoisotopic (exact) mass is 598 g/mol. The van der Waals surface area contributed by atoms with Crippen molar-refractivity contribution in [2.24, 2.45) is 5.92 Å². The molecular weight excluding hydrogens is 556 g/mol. The molecule has 0 aliphatic carbocycles. The molecule has 4 nitrogen and oxygen atoms in total. The Hall–Kier alpha value is -3.62. The van der Waals surface area contributed by atoms with E-state index in [0.29, 0.717) is 19.0 Å². The highest BCUT2D eigenvalue weighted by molar-refractivity contribution is 5.55. The standard InChI is InChI=1S/C19H20F2NO.C16H22F2NO/c1-23-18-10-9-16(14-17(18)19(20)21)8-5-12-22-13-11-15-6-3-2-4-7-15;1-12(2)8-10-19-9-4-5-13-6-7-15(20-3)14(11-13)16(17)18/h2-10,14,19H,11-13H2,1H3;4-7,11-12,16H,8-10H2,1-3H3/q2*-1. The van der Waals surface area contributed by atoms with E-state index in [2.05, 4.69) is 36.6 Å². The molecular formula is C35H42F4N2O2-2. The van der Waals surface area contributed by atoms with Gasteiger partial charge in [-0.2, -0.15) is 0 Å². The van der Waals surface area contributed by atoms with Crippen LogP contribution in [0.1, 0.15) is 60.9 Å². The zero-order chi connectivity index (χ0) is 31.5. The third-order valence-corrected chi connectivity index (χ3v) is 6.33. The fourth-order valence-electron chi connectivity index (χ4n) is 3.97. The molecule has 3 rings (SSSR count). The fourth-order valence-corrected chi connectivity index (χ4v) is 3.97. The van der Waals surface area contributed by atoms with Crippen LogP contribution in [0.5, 0.6) is 11.5 Å². The molecule has 0 fully saturated rings. The van der Waals surface area contributed by atoms with Gasteiger partial charge in [-0.3, -0.25) is 0 Å². The van der Waals surface area contributed by atoms with Gasteiger partial charge in [0.25, 0.3) is 12.9 Å². The number of hydrogen-bond acceptors (Lipinski definition) is 2. The van der Waals surface area contributed by atoms with E-state index in [1.807, 2.05) is 36.4 Å². The lowest BCUT2D eigenvalue weighted by Gasteiger charge is -2.17. The molecule has 0 amide bonds. The lowest BCUT2D eigenvalue weighted by molar-refractivity contribution is 0.146. The summed E-state index contributed by atoms with van der Waals surface area (Å²) < 4.78 is 61.4. The molecule has 0 spiro atoms. The van der Waals surface area contributed by atoms with Crippen molar-refractivity contribution in [2.75, 3.05) is 40.4 Å². The highest BCUT2D eigenvalue weighted by Gasteiger charge is 2.14. The van der Waals surface area contributed by atoms with Crippen LogP contribution in [0.2, 0.25) is 0 Å². The highest BCUT2D eigenvalue weighted by atomic mass is 19.3. The molecule has 0 heterocycles. The first-order valence-corrected chi connectivity index (χ1v) is 14.3. The van der Waals surface area contributed by atoms with Gasteiger partial charge in [0.1, 0.15) is 11.5 Å². The maximum absolute atomic E-state index is 12.9. The molecule has 234 valence electrons. The van der Waals surface area contributed by atoms with Crippen molar-refractivity contribution in [3.05, 3.63) is 117 Å². The lowest BCUT2D eigenvalue weighted by Crippen LogP contribution is -1.94. The normalized spacial score (nSPS) is 11.5. The predicted octanol–water partition coefficient (Wildman–Crippen LogP) is 10.3. The molecule has 0 aliphatic heterocycles. The topological polar surface area (TPSA) is 46.7 Å². The maximum Gasteiger partial charge on any atom is 0.267 e. The zero-order valence-electron chi connectivity index (χ0n) is 25.4. The van der Waals surface area contributed by atoms with Crippen LogP contribution >= 0.6 is 0 Å². The van der Waals surface area contributed by atoms with Gasteiger partial charge in [0.15, 0.2) is 0 Å². The van der Waals surface area contributed by atoms with Gasteiger partial charge in [-0.25, -0.2) is 17.6 Å². The van der Waals surface area contributed by atoms with Crippen LogP contribution < -0.4 is 9.47 Å². The van der Waals surface area contributed by atoms with Crippen LogP contribution in [0.25, 0.3) is 22.8 Å². The van der Waals surface area contributed by atoms with E-state index >= 15 is 0 Å². The summed E-state index contributed by atoms with van der Waals surface area (Å²) in [5, 5.41) is 8.77. The first-order valence-electron chi connectivity index (χ1n) is 14.3. The Balaban J connectivity index is 0.000000304. The number of rotatable bonds is 16. The molecule has 3 aromatic rings. The number of methoxy groups -OCH3 is 2. The number of ether oxygens (including phenoxy) is 2. The van der Waals surface area contributed by atoms with E-state index in [4.69, 9.17) is 9.47 Å². The van der Waals surface area contributed by atoms with Crippen LogP contribution in [-0.4, -0.2) is 40.4 Å². The van der Waals surface area contributed by atoms with Gasteiger partial charge < -0.3 is 20.1 Å². The minimum Gasteiger partial charge on any atom is -0.659 e. The van der Waals surface area contributed by atoms with Gasteiger partial charge >= 0.3 is 0 Å². The maximum atomic E-state index is 12.9. The molecule has 0 saturated heterocycles. The van der Waals surface area contributed by atoms with Crippen molar-refractivity contribution in [3.8, 4) is 11.5 Å². The Labute approximate surface area is 253 Å². The van der Waals surface area contributed by atoms with Gasteiger partial charge in [-0.05, 0) is 53.3 Å². The quantitative estimate of drug-likeness (QED) is 0.122. The van der Waals surface area contributed by atoms with Gasteiger partial charge in [0, 0.05) is 0 Å². The summed E-state index contributed by atoms with van der Waals surface area (Å²) in [6.07, 6.45) is 4.28. The minimum absolute atomic E-state index is 0.0774. The fraction of sp³-hybridized carbons (Fsp3) is 0.371. The van der Waals surface area contributed by atoms with Crippen LogP contribution in [0.3, 0.4) is 0 Å². The summed E-state index contributed by atoms with van der Waals surface area (Å²) in [4.78, 5) is 0. The van der Waals surface area contributed by atoms with Crippen molar-refractivity contribution in [1.29, 1.82) is 0 Å². The third kappa shape index (κ3) is 13.9. The second-order valence-electron chi connectivity index (χ2n) is 10.1. The van der Waals surface area contributed by atoms with Crippen LogP contribution in [0, 0.1) is 5.92 Å². The number of halogens is 4. The van der Waals surface area contributed by atoms with Crippen molar-refractivity contribution in [3.63, 3.8) is 0 Å². The Bertz CT molecular complexity index is 1250. The smallest absolute Gasteiger partial charge is 0.267 e. The van der Waals surface area contributed by atoms with Crippen LogP contribution in [-0.2, 0) is 6.42 Å². The molecule has 0 bridgehead atoms. The van der Waals surface area contributed by atoms with Gasteiger partial charge in [0.05, 0.1) is 25.3 Å². The zero-order valence-corrected chi connectivity index (χ0v) is 25.4. The highest BCUT2D eigenvalue weighted by Crippen LogP contribution is 2.31. The molecule has 43 heavy (non-hydrogen) atoms.